The molecule has 0 heterocycles. The summed E-state index contributed by atoms with van der Waals surface area (Å²) in [5, 5.41) is 2.22. The second-order valence-electron chi connectivity index (χ2n) is 4.93. The van der Waals surface area contributed by atoms with Crippen molar-refractivity contribution in [3.8, 4) is 0 Å². The first-order chi connectivity index (χ1) is 10.1. The van der Waals surface area contributed by atoms with Gasteiger partial charge in [0, 0.05) is 20.0 Å². The summed E-state index contributed by atoms with van der Waals surface area (Å²) >= 11 is 5.73. The Bertz CT molecular complexity index is 809. The fourth-order valence-electron chi connectivity index (χ4n) is 2.28. The van der Waals surface area contributed by atoms with Gasteiger partial charge in [0.1, 0.15) is 0 Å². The largest absolute Gasteiger partial charge is 0.294 e. The Balaban J connectivity index is 1.87. The van der Waals surface area contributed by atoms with E-state index in [1.165, 1.54) is 3.57 Å². The number of rotatable bonds is 3. The summed E-state index contributed by atoms with van der Waals surface area (Å²) in [4.78, 5) is 12.4. The van der Waals surface area contributed by atoms with Crippen LogP contribution in [0.5, 0.6) is 0 Å². The third kappa shape index (κ3) is 3.52. The molecule has 0 radical (unpaired) electrons. The second-order valence-corrected chi connectivity index (χ2v) is 7.09. The van der Waals surface area contributed by atoms with Crippen LogP contribution in [0.1, 0.15) is 15.9 Å². The van der Waals surface area contributed by atoms with E-state index in [0.717, 1.165) is 26.4 Å². The number of carbonyl (C=O) groups excluding carboxylic acids is 1. The lowest BCUT2D eigenvalue weighted by atomic mass is 10.00. The van der Waals surface area contributed by atoms with Crippen LogP contribution in [0.3, 0.4) is 0 Å². The van der Waals surface area contributed by atoms with E-state index in [2.05, 4.69) is 44.6 Å². The van der Waals surface area contributed by atoms with Crippen LogP contribution in [0, 0.1) is 3.57 Å². The molecule has 0 aromatic heterocycles. The van der Waals surface area contributed by atoms with E-state index in [9.17, 15) is 4.79 Å². The minimum Gasteiger partial charge on any atom is -0.294 e. The van der Waals surface area contributed by atoms with Gasteiger partial charge in [0.15, 0.2) is 5.78 Å². The number of hydrogen-bond donors (Lipinski definition) is 0. The highest BCUT2D eigenvalue weighted by atomic mass is 127. The van der Waals surface area contributed by atoms with Crippen LogP contribution in [0.25, 0.3) is 10.8 Å². The summed E-state index contributed by atoms with van der Waals surface area (Å²) in [5.74, 6) is 0.154. The minimum absolute atomic E-state index is 0.154. The first-order valence-corrected chi connectivity index (χ1v) is 8.46. The Labute approximate surface area is 145 Å². The molecule has 1 nitrogen and oxygen atoms in total. The van der Waals surface area contributed by atoms with Crippen molar-refractivity contribution in [3.63, 3.8) is 0 Å². The van der Waals surface area contributed by atoms with Crippen LogP contribution in [-0.4, -0.2) is 5.78 Å². The Morgan fingerprint density at radius 1 is 0.905 bits per heavy atom. The van der Waals surface area contributed by atoms with Crippen molar-refractivity contribution in [1.82, 2.24) is 0 Å². The molecule has 0 bridgehead atoms. The molecule has 21 heavy (non-hydrogen) atoms. The zero-order valence-corrected chi connectivity index (χ0v) is 14.9. The molecule has 0 fully saturated rings. The first kappa shape index (κ1) is 14.7. The molecule has 0 saturated heterocycles. The fourth-order valence-corrected chi connectivity index (χ4v) is 3.02. The molecule has 0 amide bonds. The summed E-state index contributed by atoms with van der Waals surface area (Å²) in [7, 11) is 0. The number of hydrogen-bond acceptors (Lipinski definition) is 1. The first-order valence-electron chi connectivity index (χ1n) is 6.59. The Hall–Kier alpha value is -1.20. The molecule has 0 aliphatic carbocycles. The molecule has 0 atom stereocenters. The van der Waals surface area contributed by atoms with Crippen molar-refractivity contribution in [2.75, 3.05) is 0 Å². The van der Waals surface area contributed by atoms with Crippen LogP contribution < -0.4 is 0 Å². The smallest absolute Gasteiger partial charge is 0.167 e. The monoisotopic (exact) mass is 450 g/mol. The summed E-state index contributed by atoms with van der Waals surface area (Å²) in [6, 6.07) is 20.0. The number of ketones is 1. The molecule has 0 N–H and O–H groups in total. The standard InChI is InChI=1S/C18H12BrIO/c19-16-6-5-13-10-15(4-3-14(13)11-16)18(21)9-12-1-7-17(20)8-2-12/h1-8,10-11H,9H2. The van der Waals surface area contributed by atoms with Crippen LogP contribution in [-0.2, 0) is 6.42 Å². The lowest BCUT2D eigenvalue weighted by Gasteiger charge is -2.05. The van der Waals surface area contributed by atoms with Crippen LogP contribution >= 0.6 is 38.5 Å². The van der Waals surface area contributed by atoms with Crippen molar-refractivity contribution < 1.29 is 4.79 Å². The Morgan fingerprint density at radius 2 is 1.57 bits per heavy atom. The lowest BCUT2D eigenvalue weighted by molar-refractivity contribution is 0.0993. The van der Waals surface area contributed by atoms with Crippen molar-refractivity contribution in [3.05, 3.63) is 79.8 Å². The molecular formula is C18H12BrIO. The predicted octanol–water partition coefficient (Wildman–Crippen LogP) is 5.63. The molecule has 3 heteroatoms. The van der Waals surface area contributed by atoms with Gasteiger partial charge in [-0.05, 0) is 69.3 Å². The Kier molecular flexibility index (Phi) is 4.40. The number of Topliss-reactive ketones (excluding diaryl/α,β-unsaturated/α-hetero) is 1. The average Bonchev–Trinajstić information content (AvgIpc) is 2.49. The zero-order chi connectivity index (χ0) is 14.8. The third-order valence-electron chi connectivity index (χ3n) is 3.40. The number of halogens is 2. The van der Waals surface area contributed by atoms with E-state index in [1.54, 1.807) is 0 Å². The molecule has 0 spiro atoms. The molecule has 3 aromatic rings. The maximum atomic E-state index is 12.4. The number of carbonyl (C=O) groups is 1. The van der Waals surface area contributed by atoms with Gasteiger partial charge in [-0.15, -0.1) is 0 Å². The van der Waals surface area contributed by atoms with E-state index >= 15 is 0 Å². The van der Waals surface area contributed by atoms with Crippen LogP contribution in [0.2, 0.25) is 0 Å². The quantitative estimate of drug-likeness (QED) is 0.373. The van der Waals surface area contributed by atoms with Crippen molar-refractivity contribution in [2.24, 2.45) is 0 Å². The van der Waals surface area contributed by atoms with Gasteiger partial charge in [0.2, 0.25) is 0 Å². The van der Waals surface area contributed by atoms with Crippen molar-refractivity contribution in [2.45, 2.75) is 6.42 Å². The summed E-state index contributed by atoms with van der Waals surface area (Å²) in [6.45, 7) is 0. The molecule has 0 saturated carbocycles. The van der Waals surface area contributed by atoms with Gasteiger partial charge in [-0.3, -0.25) is 4.79 Å². The topological polar surface area (TPSA) is 17.1 Å². The predicted molar refractivity (Wildman–Crippen MR) is 98.8 cm³/mol. The van der Waals surface area contributed by atoms with Crippen molar-refractivity contribution >= 4 is 55.1 Å². The molecule has 0 aliphatic heterocycles. The van der Waals surface area contributed by atoms with Gasteiger partial charge in [0.25, 0.3) is 0 Å². The SMILES string of the molecule is O=C(Cc1ccc(I)cc1)c1ccc2cc(Br)ccc2c1. The lowest BCUT2D eigenvalue weighted by Crippen LogP contribution is -2.03. The molecule has 3 rings (SSSR count). The van der Waals surface area contributed by atoms with E-state index in [-0.39, 0.29) is 5.78 Å². The van der Waals surface area contributed by atoms with Gasteiger partial charge in [-0.1, -0.05) is 46.3 Å². The van der Waals surface area contributed by atoms with Gasteiger partial charge >= 0.3 is 0 Å². The summed E-state index contributed by atoms with van der Waals surface area (Å²) in [6.07, 6.45) is 0.443. The molecule has 0 aliphatic rings. The van der Waals surface area contributed by atoms with Gasteiger partial charge in [-0.2, -0.15) is 0 Å². The van der Waals surface area contributed by atoms with Gasteiger partial charge in [-0.25, -0.2) is 0 Å². The number of benzene rings is 3. The second kappa shape index (κ2) is 6.28. The minimum atomic E-state index is 0.154. The van der Waals surface area contributed by atoms with Crippen LogP contribution in [0.4, 0.5) is 0 Å². The molecule has 0 unspecified atom stereocenters. The molecule has 3 aromatic carbocycles. The normalized spacial score (nSPS) is 10.8. The summed E-state index contributed by atoms with van der Waals surface area (Å²) < 4.78 is 2.23. The molecule has 104 valence electrons. The number of fused-ring (bicyclic) bond motifs is 1. The van der Waals surface area contributed by atoms with Crippen LogP contribution in [0.15, 0.2) is 65.1 Å². The van der Waals surface area contributed by atoms with E-state index in [0.29, 0.717) is 6.42 Å². The fraction of sp³-hybridized carbons (Fsp3) is 0.0556. The highest BCUT2D eigenvalue weighted by Crippen LogP contribution is 2.21. The highest BCUT2D eigenvalue weighted by molar-refractivity contribution is 14.1. The van der Waals surface area contributed by atoms with Gasteiger partial charge in [0.05, 0.1) is 0 Å². The Morgan fingerprint density at radius 3 is 2.33 bits per heavy atom. The van der Waals surface area contributed by atoms with Gasteiger partial charge < -0.3 is 0 Å². The molecular weight excluding hydrogens is 439 g/mol. The average molecular weight is 451 g/mol. The van der Waals surface area contributed by atoms with E-state index in [4.69, 9.17) is 0 Å². The third-order valence-corrected chi connectivity index (χ3v) is 4.61. The maximum absolute atomic E-state index is 12.4. The van der Waals surface area contributed by atoms with Crippen molar-refractivity contribution in [1.29, 1.82) is 0 Å². The van der Waals surface area contributed by atoms with E-state index in [1.807, 2.05) is 54.6 Å². The maximum Gasteiger partial charge on any atom is 0.167 e. The highest BCUT2D eigenvalue weighted by Gasteiger charge is 2.08. The zero-order valence-electron chi connectivity index (χ0n) is 11.1. The van der Waals surface area contributed by atoms with E-state index < -0.39 is 0 Å². The summed E-state index contributed by atoms with van der Waals surface area (Å²) in [5.41, 5.74) is 1.82.